The number of aliphatic carboxylic acids is 1. The monoisotopic (exact) mass is 354 g/mol. The van der Waals surface area contributed by atoms with Gasteiger partial charge in [0.25, 0.3) is 0 Å². The topological polar surface area (TPSA) is 95.5 Å². The molecule has 1 aromatic carbocycles. The van der Waals surface area contributed by atoms with Crippen molar-refractivity contribution in [1.29, 1.82) is 0 Å². The zero-order chi connectivity index (χ0) is 16.6. The summed E-state index contributed by atoms with van der Waals surface area (Å²) in [5, 5.41) is 14.5. The van der Waals surface area contributed by atoms with Crippen molar-refractivity contribution in [2.75, 3.05) is 5.32 Å². The third-order valence-electron chi connectivity index (χ3n) is 4.13. The SMILES string of the molecule is O=C(CC1Sc2ccc(Cl)cc2NC1=O)NC1(C(=O)O)CCC1. The Morgan fingerprint density at radius 2 is 2.17 bits per heavy atom. The molecule has 1 saturated carbocycles. The van der Waals surface area contributed by atoms with Crippen molar-refractivity contribution < 1.29 is 19.5 Å². The van der Waals surface area contributed by atoms with Crippen molar-refractivity contribution in [3.8, 4) is 0 Å². The quantitative estimate of drug-likeness (QED) is 0.770. The lowest BCUT2D eigenvalue weighted by Crippen LogP contribution is -2.59. The van der Waals surface area contributed by atoms with Gasteiger partial charge in [-0.3, -0.25) is 9.59 Å². The number of hydrogen-bond acceptors (Lipinski definition) is 4. The van der Waals surface area contributed by atoms with Crippen LogP contribution in [0.5, 0.6) is 0 Å². The molecular formula is C15H15ClN2O4S. The zero-order valence-electron chi connectivity index (χ0n) is 12.1. The van der Waals surface area contributed by atoms with Gasteiger partial charge >= 0.3 is 5.97 Å². The smallest absolute Gasteiger partial charge is 0.329 e. The van der Waals surface area contributed by atoms with Crippen LogP contribution in [0.25, 0.3) is 0 Å². The van der Waals surface area contributed by atoms with Gasteiger partial charge in [0.1, 0.15) is 5.54 Å². The molecule has 0 saturated heterocycles. The van der Waals surface area contributed by atoms with E-state index in [0.717, 1.165) is 11.3 Å². The van der Waals surface area contributed by atoms with Crippen LogP contribution < -0.4 is 10.6 Å². The molecule has 1 heterocycles. The van der Waals surface area contributed by atoms with E-state index in [4.69, 9.17) is 11.6 Å². The third-order valence-corrected chi connectivity index (χ3v) is 5.64. The fourth-order valence-electron chi connectivity index (χ4n) is 2.67. The molecule has 6 nitrogen and oxygen atoms in total. The number of fused-ring (bicyclic) bond motifs is 1. The van der Waals surface area contributed by atoms with Gasteiger partial charge in [0.2, 0.25) is 11.8 Å². The molecule has 1 unspecified atom stereocenters. The fourth-order valence-corrected chi connectivity index (χ4v) is 3.93. The lowest BCUT2D eigenvalue weighted by atomic mass is 9.76. The minimum atomic E-state index is -1.15. The van der Waals surface area contributed by atoms with Crippen LogP contribution in [0.4, 0.5) is 5.69 Å². The summed E-state index contributed by atoms with van der Waals surface area (Å²) in [4.78, 5) is 36.4. The van der Waals surface area contributed by atoms with E-state index < -0.39 is 22.7 Å². The summed E-state index contributed by atoms with van der Waals surface area (Å²) in [6, 6.07) is 5.17. The molecule has 1 atom stereocenters. The molecule has 1 aliphatic heterocycles. The molecule has 0 radical (unpaired) electrons. The summed E-state index contributed by atoms with van der Waals surface area (Å²) in [7, 11) is 0. The highest BCUT2D eigenvalue weighted by Crippen LogP contribution is 2.38. The van der Waals surface area contributed by atoms with Crippen molar-refractivity contribution in [2.45, 2.75) is 41.4 Å². The summed E-state index contributed by atoms with van der Waals surface area (Å²) in [6.45, 7) is 0. The average Bonchev–Trinajstić information content (AvgIpc) is 2.43. The maximum Gasteiger partial charge on any atom is 0.329 e. The molecule has 3 N–H and O–H groups in total. The van der Waals surface area contributed by atoms with Crippen molar-refractivity contribution in [3.05, 3.63) is 23.2 Å². The molecule has 23 heavy (non-hydrogen) atoms. The van der Waals surface area contributed by atoms with E-state index in [0.29, 0.717) is 23.6 Å². The van der Waals surface area contributed by atoms with Gasteiger partial charge in [0.05, 0.1) is 10.9 Å². The summed E-state index contributed by atoms with van der Waals surface area (Å²) < 4.78 is 0. The van der Waals surface area contributed by atoms with Gasteiger partial charge in [0, 0.05) is 16.3 Å². The molecule has 122 valence electrons. The zero-order valence-corrected chi connectivity index (χ0v) is 13.7. The molecule has 0 aromatic heterocycles. The number of hydrogen-bond donors (Lipinski definition) is 3. The number of benzene rings is 1. The third kappa shape index (κ3) is 3.16. The Hall–Kier alpha value is -1.73. The van der Waals surface area contributed by atoms with Gasteiger partial charge in [-0.15, -0.1) is 11.8 Å². The normalized spacial score (nSPS) is 21.6. The minimum absolute atomic E-state index is 0.0619. The number of carboxylic acids is 1. The molecule has 2 aliphatic rings. The van der Waals surface area contributed by atoms with Gasteiger partial charge < -0.3 is 15.7 Å². The number of nitrogens with one attached hydrogen (secondary N) is 2. The van der Waals surface area contributed by atoms with Crippen molar-refractivity contribution in [3.63, 3.8) is 0 Å². The lowest BCUT2D eigenvalue weighted by molar-refractivity contribution is -0.151. The van der Waals surface area contributed by atoms with Crippen molar-refractivity contribution in [2.24, 2.45) is 0 Å². The highest BCUT2D eigenvalue weighted by molar-refractivity contribution is 8.01. The molecule has 1 aliphatic carbocycles. The minimum Gasteiger partial charge on any atom is -0.480 e. The maximum absolute atomic E-state index is 12.1. The highest BCUT2D eigenvalue weighted by atomic mass is 35.5. The molecule has 0 bridgehead atoms. The average molecular weight is 355 g/mol. The fraction of sp³-hybridized carbons (Fsp3) is 0.400. The van der Waals surface area contributed by atoms with E-state index in [1.54, 1.807) is 18.2 Å². The standard InChI is InChI=1S/C15H15ClN2O4S/c16-8-2-3-10-9(6-8)17-13(20)11(23-10)7-12(19)18-15(14(21)22)4-1-5-15/h2-3,6,11H,1,4-5,7H2,(H,17,20)(H,18,19)(H,21,22). The van der Waals surface area contributed by atoms with Gasteiger partial charge in [-0.1, -0.05) is 11.6 Å². The number of carbonyl (C=O) groups is 3. The van der Waals surface area contributed by atoms with Crippen LogP contribution in [-0.2, 0) is 14.4 Å². The molecule has 0 spiro atoms. The van der Waals surface area contributed by atoms with Crippen LogP contribution in [0.3, 0.4) is 0 Å². The molecule has 1 aromatic rings. The lowest BCUT2D eigenvalue weighted by Gasteiger charge is -2.38. The van der Waals surface area contributed by atoms with Gasteiger partial charge in [-0.25, -0.2) is 4.79 Å². The first-order chi connectivity index (χ1) is 10.9. The molecule has 3 rings (SSSR count). The van der Waals surface area contributed by atoms with Crippen LogP contribution in [-0.4, -0.2) is 33.7 Å². The van der Waals surface area contributed by atoms with Gasteiger partial charge in [-0.2, -0.15) is 0 Å². The molecule has 2 amide bonds. The van der Waals surface area contributed by atoms with E-state index in [-0.39, 0.29) is 12.3 Å². The number of anilines is 1. The summed E-state index contributed by atoms with van der Waals surface area (Å²) >= 11 is 7.17. The van der Waals surface area contributed by atoms with E-state index in [1.807, 2.05) is 0 Å². The van der Waals surface area contributed by atoms with Gasteiger partial charge in [0.15, 0.2) is 0 Å². The Morgan fingerprint density at radius 3 is 2.78 bits per heavy atom. The van der Waals surface area contributed by atoms with Crippen LogP contribution >= 0.6 is 23.4 Å². The Morgan fingerprint density at radius 1 is 1.43 bits per heavy atom. The number of rotatable bonds is 4. The van der Waals surface area contributed by atoms with Crippen molar-refractivity contribution in [1.82, 2.24) is 5.32 Å². The van der Waals surface area contributed by atoms with E-state index >= 15 is 0 Å². The first kappa shape index (κ1) is 16.1. The van der Waals surface area contributed by atoms with E-state index in [1.165, 1.54) is 11.8 Å². The van der Waals surface area contributed by atoms with Crippen LogP contribution in [0.2, 0.25) is 5.02 Å². The number of carbonyl (C=O) groups excluding carboxylic acids is 2. The first-order valence-corrected chi connectivity index (χ1v) is 8.47. The second-order valence-electron chi connectivity index (χ2n) is 5.73. The summed E-state index contributed by atoms with van der Waals surface area (Å²) in [5.74, 6) is -1.71. The number of thioether (sulfide) groups is 1. The second kappa shape index (κ2) is 6.05. The highest BCUT2D eigenvalue weighted by Gasteiger charge is 2.46. The number of halogens is 1. The number of carboxylic acid groups (broad SMARTS) is 1. The summed E-state index contributed by atoms with van der Waals surface area (Å²) in [5.41, 5.74) is -0.525. The number of amides is 2. The van der Waals surface area contributed by atoms with Crippen LogP contribution in [0.1, 0.15) is 25.7 Å². The maximum atomic E-state index is 12.1. The Kier molecular flexibility index (Phi) is 4.25. The first-order valence-electron chi connectivity index (χ1n) is 7.21. The summed E-state index contributed by atoms with van der Waals surface area (Å²) in [6.07, 6.45) is 1.58. The largest absolute Gasteiger partial charge is 0.480 e. The van der Waals surface area contributed by atoms with E-state index in [2.05, 4.69) is 10.6 Å². The molecule has 8 heteroatoms. The Bertz CT molecular complexity index is 690. The van der Waals surface area contributed by atoms with Crippen molar-refractivity contribution >= 4 is 46.8 Å². The van der Waals surface area contributed by atoms with Crippen LogP contribution in [0, 0.1) is 0 Å². The predicted molar refractivity (Wildman–Crippen MR) is 86.7 cm³/mol. The predicted octanol–water partition coefficient (Wildman–Crippen LogP) is 2.27. The second-order valence-corrected chi connectivity index (χ2v) is 7.41. The molecular weight excluding hydrogens is 340 g/mol. The van der Waals surface area contributed by atoms with E-state index in [9.17, 15) is 19.5 Å². The van der Waals surface area contributed by atoms with Gasteiger partial charge in [-0.05, 0) is 37.5 Å². The Balaban J connectivity index is 1.66. The Labute approximate surface area is 142 Å². The van der Waals surface area contributed by atoms with Crippen LogP contribution in [0.15, 0.2) is 23.1 Å². The molecule has 1 fully saturated rings.